The topological polar surface area (TPSA) is 114 Å². The highest BCUT2D eigenvalue weighted by Gasteiger charge is 2.29. The molecule has 5 rings (SSSR count). The molecule has 0 spiro atoms. The molecule has 0 aliphatic carbocycles. The number of carbonyl (C=O) groups is 1. The van der Waals surface area contributed by atoms with E-state index in [1.54, 1.807) is 27.7 Å². The molecule has 0 radical (unpaired) electrons. The van der Waals surface area contributed by atoms with Gasteiger partial charge < -0.3 is 5.32 Å². The smallest absolute Gasteiger partial charge is 0.262 e. The SMILES string of the molecule is Cc1ccc(-n2nc(C3CCCN(S(C)(=O)=O)C3)cc2NC(=O)c2cnn3cccnc23)cc1. The van der Waals surface area contributed by atoms with Crippen LogP contribution in [-0.4, -0.2) is 62.4 Å². The van der Waals surface area contributed by atoms with Gasteiger partial charge in [0.1, 0.15) is 11.4 Å². The minimum absolute atomic E-state index is 0.0653. The fraction of sp³-hybridized carbons (Fsp3) is 0.304. The fourth-order valence-electron chi connectivity index (χ4n) is 4.23. The standard InChI is InChI=1S/C23H25N7O3S/c1-16-6-8-18(9-7-16)30-21(26-23(31)19-14-25-29-12-4-10-24-22(19)29)13-20(27-30)17-5-3-11-28(15-17)34(2,32)33/h4,6-10,12-14,17H,3,5,11,15H2,1-2H3,(H,26,31). The van der Waals surface area contributed by atoms with Gasteiger partial charge in [0, 0.05) is 37.5 Å². The average molecular weight is 480 g/mol. The molecule has 176 valence electrons. The first-order valence-electron chi connectivity index (χ1n) is 11.0. The first kappa shape index (κ1) is 22.2. The maximum absolute atomic E-state index is 13.2. The van der Waals surface area contributed by atoms with Crippen molar-refractivity contribution in [3.8, 4) is 5.69 Å². The molecule has 1 amide bonds. The van der Waals surface area contributed by atoms with Crippen molar-refractivity contribution in [2.75, 3.05) is 24.7 Å². The molecule has 10 nitrogen and oxygen atoms in total. The summed E-state index contributed by atoms with van der Waals surface area (Å²) in [6.07, 6.45) is 7.63. The number of amides is 1. The molecule has 1 fully saturated rings. The van der Waals surface area contributed by atoms with Crippen molar-refractivity contribution >= 4 is 27.4 Å². The van der Waals surface area contributed by atoms with E-state index >= 15 is 0 Å². The van der Waals surface area contributed by atoms with Crippen LogP contribution in [0.5, 0.6) is 0 Å². The van der Waals surface area contributed by atoms with Gasteiger partial charge in [-0.2, -0.15) is 10.2 Å². The molecule has 1 aliphatic heterocycles. The number of rotatable bonds is 5. The zero-order valence-corrected chi connectivity index (χ0v) is 19.7. The third-order valence-corrected chi connectivity index (χ3v) is 7.31. The molecule has 1 atom stereocenters. The van der Waals surface area contributed by atoms with Gasteiger partial charge in [0.15, 0.2) is 5.65 Å². The summed E-state index contributed by atoms with van der Waals surface area (Å²) in [5.41, 5.74) is 3.44. The minimum Gasteiger partial charge on any atom is -0.306 e. The van der Waals surface area contributed by atoms with E-state index in [9.17, 15) is 13.2 Å². The fourth-order valence-corrected chi connectivity index (χ4v) is 5.14. The molecule has 4 aromatic rings. The second kappa shape index (κ2) is 8.65. The molecule has 1 aromatic carbocycles. The summed E-state index contributed by atoms with van der Waals surface area (Å²) in [6, 6.07) is 11.4. The Morgan fingerprint density at radius 1 is 1.21 bits per heavy atom. The summed E-state index contributed by atoms with van der Waals surface area (Å²) in [5, 5.41) is 11.9. The predicted molar refractivity (Wildman–Crippen MR) is 128 cm³/mol. The zero-order valence-electron chi connectivity index (χ0n) is 18.9. The Kier molecular flexibility index (Phi) is 5.66. The van der Waals surface area contributed by atoms with E-state index in [0.29, 0.717) is 30.1 Å². The third kappa shape index (κ3) is 4.31. The molecule has 1 N–H and O–H groups in total. The molecule has 11 heteroatoms. The van der Waals surface area contributed by atoms with Crippen LogP contribution in [0.25, 0.3) is 11.3 Å². The van der Waals surface area contributed by atoms with Crippen LogP contribution in [0.2, 0.25) is 0 Å². The third-order valence-electron chi connectivity index (χ3n) is 6.04. The number of hydrogen-bond acceptors (Lipinski definition) is 6. The van der Waals surface area contributed by atoms with Gasteiger partial charge in [-0.3, -0.25) is 4.79 Å². The summed E-state index contributed by atoms with van der Waals surface area (Å²) < 4.78 is 28.9. The summed E-state index contributed by atoms with van der Waals surface area (Å²) in [5.74, 6) is 0.0787. The van der Waals surface area contributed by atoms with Crippen LogP contribution in [0, 0.1) is 6.92 Å². The van der Waals surface area contributed by atoms with Crippen LogP contribution in [0.1, 0.15) is 40.4 Å². The lowest BCUT2D eigenvalue weighted by Crippen LogP contribution is -2.38. The number of carbonyl (C=O) groups excluding carboxylic acids is 1. The molecule has 4 heterocycles. The molecule has 0 bridgehead atoms. The number of nitrogens with one attached hydrogen (secondary N) is 1. The van der Waals surface area contributed by atoms with E-state index < -0.39 is 10.0 Å². The van der Waals surface area contributed by atoms with Crippen molar-refractivity contribution < 1.29 is 13.2 Å². The summed E-state index contributed by atoms with van der Waals surface area (Å²) in [7, 11) is -3.28. The normalized spacial score (nSPS) is 17.2. The van der Waals surface area contributed by atoms with E-state index in [-0.39, 0.29) is 11.8 Å². The van der Waals surface area contributed by atoms with Gasteiger partial charge in [0.05, 0.1) is 23.8 Å². The van der Waals surface area contributed by atoms with Gasteiger partial charge >= 0.3 is 0 Å². The van der Waals surface area contributed by atoms with Crippen LogP contribution in [-0.2, 0) is 10.0 Å². The zero-order chi connectivity index (χ0) is 23.9. The molecule has 1 saturated heterocycles. The first-order valence-corrected chi connectivity index (χ1v) is 12.9. The molecule has 3 aromatic heterocycles. The molecular weight excluding hydrogens is 454 g/mol. The lowest BCUT2D eigenvalue weighted by molar-refractivity contribution is 0.102. The number of aromatic nitrogens is 5. The molecule has 1 unspecified atom stereocenters. The molecule has 0 saturated carbocycles. The Hall–Kier alpha value is -3.57. The number of nitrogens with zero attached hydrogens (tertiary/aromatic N) is 6. The van der Waals surface area contributed by atoms with Crippen molar-refractivity contribution in [3.05, 3.63) is 71.8 Å². The van der Waals surface area contributed by atoms with Crippen molar-refractivity contribution in [3.63, 3.8) is 0 Å². The largest absolute Gasteiger partial charge is 0.306 e. The number of sulfonamides is 1. The monoisotopic (exact) mass is 479 g/mol. The van der Waals surface area contributed by atoms with Crippen LogP contribution in [0.4, 0.5) is 5.82 Å². The Morgan fingerprint density at radius 2 is 2.00 bits per heavy atom. The predicted octanol–water partition coefficient (Wildman–Crippen LogP) is 2.61. The number of anilines is 1. The van der Waals surface area contributed by atoms with E-state index in [2.05, 4.69) is 15.4 Å². The number of aryl methyl sites for hydroxylation is 1. The number of fused-ring (bicyclic) bond motifs is 1. The molecule has 1 aliphatic rings. The maximum Gasteiger partial charge on any atom is 0.262 e. The van der Waals surface area contributed by atoms with Gasteiger partial charge in [-0.15, -0.1) is 0 Å². The van der Waals surface area contributed by atoms with Gasteiger partial charge in [-0.05, 0) is 38.0 Å². The van der Waals surface area contributed by atoms with Crippen molar-refractivity contribution in [2.45, 2.75) is 25.7 Å². The van der Waals surface area contributed by atoms with E-state index in [1.165, 1.54) is 16.8 Å². The lowest BCUT2D eigenvalue weighted by Gasteiger charge is -2.29. The van der Waals surface area contributed by atoms with E-state index in [4.69, 9.17) is 5.10 Å². The molecule has 34 heavy (non-hydrogen) atoms. The van der Waals surface area contributed by atoms with E-state index in [1.807, 2.05) is 37.3 Å². The van der Waals surface area contributed by atoms with Crippen LogP contribution in [0.15, 0.2) is 55.0 Å². The lowest BCUT2D eigenvalue weighted by atomic mass is 9.96. The summed E-state index contributed by atoms with van der Waals surface area (Å²) in [4.78, 5) is 17.4. The second-order valence-electron chi connectivity index (χ2n) is 8.56. The Labute approximate surface area is 197 Å². The average Bonchev–Trinajstić information content (AvgIpc) is 3.44. The number of benzene rings is 1. The van der Waals surface area contributed by atoms with Gasteiger partial charge in [-0.25, -0.2) is 26.9 Å². The van der Waals surface area contributed by atoms with Gasteiger partial charge in [0.2, 0.25) is 10.0 Å². The second-order valence-corrected chi connectivity index (χ2v) is 10.5. The van der Waals surface area contributed by atoms with Crippen molar-refractivity contribution in [1.29, 1.82) is 0 Å². The van der Waals surface area contributed by atoms with Crippen molar-refractivity contribution in [2.24, 2.45) is 0 Å². The first-order chi connectivity index (χ1) is 16.3. The Balaban J connectivity index is 1.50. The highest BCUT2D eigenvalue weighted by molar-refractivity contribution is 7.88. The summed E-state index contributed by atoms with van der Waals surface area (Å²) >= 11 is 0. The number of piperidine rings is 1. The van der Waals surface area contributed by atoms with Crippen LogP contribution >= 0.6 is 0 Å². The highest BCUT2D eigenvalue weighted by Crippen LogP contribution is 2.30. The summed E-state index contributed by atoms with van der Waals surface area (Å²) in [6.45, 7) is 2.88. The molecular formula is C23H25N7O3S. The van der Waals surface area contributed by atoms with Gasteiger partial charge in [0.25, 0.3) is 5.91 Å². The maximum atomic E-state index is 13.2. The quantitative estimate of drug-likeness (QED) is 0.471. The van der Waals surface area contributed by atoms with E-state index in [0.717, 1.165) is 29.8 Å². The Bertz CT molecular complexity index is 1460. The van der Waals surface area contributed by atoms with Crippen LogP contribution in [0.3, 0.4) is 0 Å². The van der Waals surface area contributed by atoms with Gasteiger partial charge in [-0.1, -0.05) is 17.7 Å². The van der Waals surface area contributed by atoms with Crippen LogP contribution < -0.4 is 5.32 Å². The van der Waals surface area contributed by atoms with Crippen molar-refractivity contribution in [1.82, 2.24) is 28.7 Å². The minimum atomic E-state index is -3.28. The highest BCUT2D eigenvalue weighted by atomic mass is 32.2. The Morgan fingerprint density at radius 3 is 2.76 bits per heavy atom. The number of hydrogen-bond donors (Lipinski definition) is 1.